The number of esters is 2. The number of carbonyl (C=O) groups excluding carboxylic acids is 2. The van der Waals surface area contributed by atoms with E-state index in [2.05, 4.69) is 160 Å². The number of nitrogens with two attached hydrogens (primary N) is 1. The molecular formula is C83H142NO8P. The fourth-order valence-electron chi connectivity index (χ4n) is 10.6. The molecule has 0 aliphatic heterocycles. The van der Waals surface area contributed by atoms with Crippen LogP contribution in [-0.4, -0.2) is 49.3 Å². The number of ether oxygens (including phenoxy) is 2. The van der Waals surface area contributed by atoms with Crippen LogP contribution in [0.2, 0.25) is 0 Å². The highest BCUT2D eigenvalue weighted by atomic mass is 31.2. The summed E-state index contributed by atoms with van der Waals surface area (Å²) in [5.41, 5.74) is 5.41. The van der Waals surface area contributed by atoms with Crippen molar-refractivity contribution in [1.82, 2.24) is 0 Å². The highest BCUT2D eigenvalue weighted by Crippen LogP contribution is 2.43. The average molecular weight is 1310 g/mol. The van der Waals surface area contributed by atoms with Crippen LogP contribution in [0.1, 0.15) is 335 Å². The quantitative estimate of drug-likeness (QED) is 0.0264. The minimum absolute atomic E-state index is 0.0500. The first-order chi connectivity index (χ1) is 45.8. The summed E-state index contributed by atoms with van der Waals surface area (Å²) in [6.45, 7) is 3.55. The van der Waals surface area contributed by atoms with Gasteiger partial charge >= 0.3 is 19.8 Å². The van der Waals surface area contributed by atoms with Gasteiger partial charge in [-0.1, -0.05) is 352 Å². The molecule has 0 heterocycles. The average Bonchev–Trinajstić information content (AvgIpc) is 3.60. The van der Waals surface area contributed by atoms with Gasteiger partial charge in [-0.05, 0) is 116 Å². The molecular weight excluding hydrogens is 1170 g/mol. The molecule has 10 heteroatoms. The molecule has 0 bridgehead atoms. The molecule has 0 fully saturated rings. The molecule has 0 aliphatic rings. The van der Waals surface area contributed by atoms with Gasteiger partial charge in [-0.2, -0.15) is 0 Å². The Balaban J connectivity index is 3.84. The number of phosphoric acid groups is 1. The van der Waals surface area contributed by atoms with E-state index in [1.807, 2.05) is 0 Å². The summed E-state index contributed by atoms with van der Waals surface area (Å²) in [6, 6.07) is 0. The highest BCUT2D eigenvalue weighted by molar-refractivity contribution is 7.47. The fourth-order valence-corrected chi connectivity index (χ4v) is 11.4. The van der Waals surface area contributed by atoms with Gasteiger partial charge < -0.3 is 20.1 Å². The van der Waals surface area contributed by atoms with E-state index < -0.39 is 26.5 Å². The van der Waals surface area contributed by atoms with Gasteiger partial charge in [-0.3, -0.25) is 18.6 Å². The number of rotatable bonds is 71. The first kappa shape index (κ1) is 88.9. The Morgan fingerprint density at radius 3 is 0.828 bits per heavy atom. The van der Waals surface area contributed by atoms with Crippen molar-refractivity contribution in [2.75, 3.05) is 26.4 Å². The molecule has 0 amide bonds. The van der Waals surface area contributed by atoms with E-state index in [-0.39, 0.29) is 38.6 Å². The molecule has 9 nitrogen and oxygen atoms in total. The van der Waals surface area contributed by atoms with Gasteiger partial charge in [-0.25, -0.2) is 4.57 Å². The first-order valence-corrected chi connectivity index (χ1v) is 39.8. The lowest BCUT2D eigenvalue weighted by Gasteiger charge is -2.19. The Morgan fingerprint density at radius 2 is 0.559 bits per heavy atom. The molecule has 3 N–H and O–H groups in total. The molecule has 0 spiro atoms. The summed E-state index contributed by atoms with van der Waals surface area (Å²) in [5, 5.41) is 0. The zero-order valence-corrected chi connectivity index (χ0v) is 60.8. The molecule has 2 atom stereocenters. The van der Waals surface area contributed by atoms with Crippen LogP contribution in [-0.2, 0) is 32.7 Å². The lowest BCUT2D eigenvalue weighted by molar-refractivity contribution is -0.161. The molecule has 0 rings (SSSR count). The van der Waals surface area contributed by atoms with Crippen molar-refractivity contribution >= 4 is 19.8 Å². The van der Waals surface area contributed by atoms with E-state index in [4.69, 9.17) is 24.3 Å². The van der Waals surface area contributed by atoms with Crippen LogP contribution >= 0.6 is 7.82 Å². The number of carbonyl (C=O) groups is 2. The maximum Gasteiger partial charge on any atom is 0.472 e. The van der Waals surface area contributed by atoms with E-state index in [0.717, 1.165) is 116 Å². The fraction of sp³-hybridized carbons (Fsp3) is 0.687. The van der Waals surface area contributed by atoms with Crippen molar-refractivity contribution in [3.8, 4) is 0 Å². The third-order valence-corrected chi connectivity index (χ3v) is 17.2. The monoisotopic (exact) mass is 1310 g/mol. The van der Waals surface area contributed by atoms with E-state index in [9.17, 15) is 19.0 Å². The number of unbranched alkanes of at least 4 members (excludes halogenated alkanes) is 34. The van der Waals surface area contributed by atoms with Gasteiger partial charge in [0.1, 0.15) is 6.61 Å². The third kappa shape index (κ3) is 76.8. The summed E-state index contributed by atoms with van der Waals surface area (Å²) in [5.74, 6) is -0.820. The molecule has 0 aliphatic carbocycles. The molecule has 93 heavy (non-hydrogen) atoms. The number of phosphoric ester groups is 1. The van der Waals surface area contributed by atoms with Gasteiger partial charge in [0.25, 0.3) is 0 Å². The molecule has 532 valence electrons. The maximum atomic E-state index is 12.8. The van der Waals surface area contributed by atoms with Crippen LogP contribution in [0.15, 0.2) is 146 Å². The Labute approximate surface area is 573 Å². The summed E-state index contributed by atoms with van der Waals surface area (Å²) >= 11 is 0. The zero-order valence-electron chi connectivity index (χ0n) is 59.9. The Bertz CT molecular complexity index is 2040. The summed E-state index contributed by atoms with van der Waals surface area (Å²) in [7, 11) is -4.40. The molecule has 0 saturated heterocycles. The predicted molar refractivity (Wildman–Crippen MR) is 404 cm³/mol. The smallest absolute Gasteiger partial charge is 0.462 e. The van der Waals surface area contributed by atoms with E-state index in [1.165, 1.54) is 186 Å². The predicted octanol–water partition coefficient (Wildman–Crippen LogP) is 25.8. The number of hydrogen-bond acceptors (Lipinski definition) is 8. The Morgan fingerprint density at radius 1 is 0.323 bits per heavy atom. The van der Waals surface area contributed by atoms with Gasteiger partial charge in [0.15, 0.2) is 6.10 Å². The molecule has 0 aromatic heterocycles. The molecule has 0 aromatic rings. The Kier molecular flexibility index (Phi) is 73.5. The molecule has 0 aromatic carbocycles. The Hall–Kier alpha value is -4.11. The minimum Gasteiger partial charge on any atom is -0.462 e. The lowest BCUT2D eigenvalue weighted by Crippen LogP contribution is -2.29. The van der Waals surface area contributed by atoms with E-state index >= 15 is 0 Å². The third-order valence-electron chi connectivity index (χ3n) is 16.2. The van der Waals surface area contributed by atoms with Crippen molar-refractivity contribution < 1.29 is 37.6 Å². The SMILES string of the molecule is CC/C=C\C/C=C\C/C=C\C/C=C\C/C=C\C/C=C\C/C=C\CCCCCCCCCCCCCCCCCCCC(=O)OC(COC(=O)CCCCCCCCCCCCCCCCCCC/C=C\C/C=C\C/C=C\C/C=C\C/C=C\CC)COP(=O)(O)OCCN. The van der Waals surface area contributed by atoms with Crippen molar-refractivity contribution in [1.29, 1.82) is 0 Å². The van der Waals surface area contributed by atoms with Crippen LogP contribution in [0, 0.1) is 0 Å². The normalized spacial score (nSPS) is 13.7. The molecule has 2 unspecified atom stereocenters. The standard InChI is InChI=1S/C83H142NO8P/c1-3-5-7-9-11-13-15-17-19-21-23-25-27-29-31-33-35-37-38-39-40-41-42-44-46-48-50-52-54-56-58-60-62-64-66-68-70-72-74-76-83(86)92-81(80-91-93(87,88)90-78-77-84)79-89-82(85)75-73-71-69-67-65-63-61-59-57-55-53-51-49-47-45-43-36-34-32-30-28-26-24-22-20-18-16-14-12-10-8-6-4-2/h5-8,11-14,17-20,23-26,29-32,35,37,39-40,81H,3-4,9-10,15-16,21-22,27-28,33-34,36,38,41-80,84H2,1-2H3,(H,87,88)/b7-5-,8-6-,13-11-,14-12-,19-17-,20-18-,25-23-,26-24-,31-29-,32-30-,37-35-,40-39-. The van der Waals surface area contributed by atoms with Crippen molar-refractivity contribution in [2.45, 2.75) is 341 Å². The van der Waals surface area contributed by atoms with Gasteiger partial charge in [0.2, 0.25) is 0 Å². The van der Waals surface area contributed by atoms with E-state index in [1.54, 1.807) is 0 Å². The van der Waals surface area contributed by atoms with Crippen LogP contribution in [0.4, 0.5) is 0 Å². The summed E-state index contributed by atoms with van der Waals surface area (Å²) in [4.78, 5) is 35.4. The number of hydrogen-bond donors (Lipinski definition) is 2. The summed E-state index contributed by atoms with van der Waals surface area (Å²) < 4.78 is 33.3. The van der Waals surface area contributed by atoms with Crippen molar-refractivity contribution in [3.63, 3.8) is 0 Å². The topological polar surface area (TPSA) is 134 Å². The summed E-state index contributed by atoms with van der Waals surface area (Å²) in [6.07, 6.45) is 111. The van der Waals surface area contributed by atoms with Crippen LogP contribution in [0.5, 0.6) is 0 Å². The van der Waals surface area contributed by atoms with Gasteiger partial charge in [-0.15, -0.1) is 0 Å². The van der Waals surface area contributed by atoms with Gasteiger partial charge in [0.05, 0.1) is 13.2 Å². The van der Waals surface area contributed by atoms with Crippen molar-refractivity contribution in [3.05, 3.63) is 146 Å². The molecule has 0 saturated carbocycles. The zero-order chi connectivity index (χ0) is 67.2. The second-order valence-electron chi connectivity index (χ2n) is 25.1. The number of allylic oxidation sites excluding steroid dienone is 24. The minimum atomic E-state index is -4.40. The van der Waals surface area contributed by atoms with Crippen LogP contribution in [0.3, 0.4) is 0 Å². The second-order valence-corrected chi connectivity index (χ2v) is 26.6. The second kappa shape index (κ2) is 76.9. The van der Waals surface area contributed by atoms with E-state index in [0.29, 0.717) is 6.42 Å². The van der Waals surface area contributed by atoms with Gasteiger partial charge in [0, 0.05) is 19.4 Å². The highest BCUT2D eigenvalue weighted by Gasteiger charge is 2.26. The van der Waals surface area contributed by atoms with Crippen LogP contribution < -0.4 is 5.73 Å². The van der Waals surface area contributed by atoms with Crippen molar-refractivity contribution in [2.24, 2.45) is 5.73 Å². The van der Waals surface area contributed by atoms with Crippen LogP contribution in [0.25, 0.3) is 0 Å². The lowest BCUT2D eigenvalue weighted by atomic mass is 10.0. The molecule has 0 radical (unpaired) electrons. The maximum absolute atomic E-state index is 12.8. The largest absolute Gasteiger partial charge is 0.472 e. The first-order valence-electron chi connectivity index (χ1n) is 38.3.